The summed E-state index contributed by atoms with van der Waals surface area (Å²) in [7, 11) is 0. The average molecular weight is 390 g/mol. The van der Waals surface area contributed by atoms with Crippen molar-refractivity contribution >= 4 is 28.3 Å². The lowest BCUT2D eigenvalue weighted by atomic mass is 10.0. The van der Waals surface area contributed by atoms with Crippen molar-refractivity contribution in [3.8, 4) is 11.3 Å². The molecule has 7 nitrogen and oxygen atoms in total. The third-order valence-corrected chi connectivity index (χ3v) is 5.20. The van der Waals surface area contributed by atoms with Crippen molar-refractivity contribution in [1.29, 1.82) is 0 Å². The molecule has 0 aliphatic carbocycles. The topological polar surface area (TPSA) is 95.2 Å². The number of aromatic nitrogens is 2. The van der Waals surface area contributed by atoms with Gasteiger partial charge < -0.3 is 10.2 Å². The molecule has 7 heteroatoms. The van der Waals surface area contributed by atoms with Gasteiger partial charge in [0.25, 0.3) is 5.56 Å². The summed E-state index contributed by atoms with van der Waals surface area (Å²) in [6.45, 7) is 4.28. The lowest BCUT2D eigenvalue weighted by Crippen LogP contribution is -2.41. The van der Waals surface area contributed by atoms with Crippen molar-refractivity contribution in [3.63, 3.8) is 0 Å². The van der Waals surface area contributed by atoms with Gasteiger partial charge in [-0.1, -0.05) is 30.3 Å². The number of benzene rings is 2. The number of carbonyl (C=O) groups is 2. The number of aromatic amines is 1. The predicted octanol–water partition coefficient (Wildman–Crippen LogP) is 2.47. The zero-order valence-electron chi connectivity index (χ0n) is 16.3. The summed E-state index contributed by atoms with van der Waals surface area (Å²) >= 11 is 0. The highest BCUT2D eigenvalue weighted by Gasteiger charge is 2.33. The van der Waals surface area contributed by atoms with Crippen LogP contribution in [-0.2, 0) is 9.59 Å². The summed E-state index contributed by atoms with van der Waals surface area (Å²) in [5.74, 6) is -0.480. The minimum absolute atomic E-state index is 0.0453. The number of fused-ring (bicyclic) bond motifs is 1. The van der Waals surface area contributed by atoms with Crippen LogP contribution in [0.3, 0.4) is 0 Å². The molecule has 29 heavy (non-hydrogen) atoms. The fourth-order valence-electron chi connectivity index (χ4n) is 3.77. The smallest absolute Gasteiger partial charge is 0.272 e. The van der Waals surface area contributed by atoms with Crippen molar-refractivity contribution in [2.24, 2.45) is 5.92 Å². The van der Waals surface area contributed by atoms with Gasteiger partial charge in [-0.2, -0.15) is 5.10 Å². The van der Waals surface area contributed by atoms with Gasteiger partial charge >= 0.3 is 0 Å². The Bertz CT molecular complexity index is 1130. The second-order valence-electron chi connectivity index (χ2n) is 7.50. The van der Waals surface area contributed by atoms with Crippen LogP contribution < -0.4 is 15.8 Å². The van der Waals surface area contributed by atoms with E-state index in [2.05, 4.69) is 15.5 Å². The number of amides is 2. The van der Waals surface area contributed by atoms with Gasteiger partial charge in [0, 0.05) is 35.6 Å². The summed E-state index contributed by atoms with van der Waals surface area (Å²) in [5.41, 5.74) is 2.06. The van der Waals surface area contributed by atoms with Gasteiger partial charge in [-0.25, -0.2) is 5.10 Å². The van der Waals surface area contributed by atoms with Gasteiger partial charge in [-0.15, -0.1) is 0 Å². The lowest BCUT2D eigenvalue weighted by Gasteiger charge is -2.29. The Morgan fingerprint density at radius 2 is 1.76 bits per heavy atom. The zero-order valence-corrected chi connectivity index (χ0v) is 16.3. The fourth-order valence-corrected chi connectivity index (χ4v) is 3.77. The van der Waals surface area contributed by atoms with Crippen LogP contribution in [0.5, 0.6) is 0 Å². The third-order valence-electron chi connectivity index (χ3n) is 5.20. The predicted molar refractivity (Wildman–Crippen MR) is 112 cm³/mol. The molecule has 1 fully saturated rings. The standard InChI is InChI=1S/C22H22N4O3/c1-13(2)26(22(29)15-11-19(27)23-12-15)16-9-7-14(8-10-16)20-17-5-3-4-6-18(17)21(28)25-24-20/h3-10,13,15H,11-12H2,1-2H3,(H,23,27)(H,25,28). The quantitative estimate of drug-likeness (QED) is 0.715. The summed E-state index contributed by atoms with van der Waals surface area (Å²) in [5, 5.41) is 10.9. The van der Waals surface area contributed by atoms with Crippen LogP contribution in [0.15, 0.2) is 53.3 Å². The summed E-state index contributed by atoms with van der Waals surface area (Å²) < 4.78 is 0. The molecule has 1 unspecified atom stereocenters. The first kappa shape index (κ1) is 18.9. The molecule has 2 aromatic carbocycles. The average Bonchev–Trinajstić information content (AvgIpc) is 3.15. The Kier molecular flexibility index (Phi) is 4.88. The first-order valence-corrected chi connectivity index (χ1v) is 9.63. The molecule has 1 saturated heterocycles. The first-order chi connectivity index (χ1) is 14.0. The maximum absolute atomic E-state index is 13.0. The number of carbonyl (C=O) groups excluding carboxylic acids is 2. The third kappa shape index (κ3) is 3.51. The molecule has 3 aromatic rings. The van der Waals surface area contributed by atoms with Crippen LogP contribution in [0.2, 0.25) is 0 Å². The van der Waals surface area contributed by atoms with Crippen molar-refractivity contribution < 1.29 is 9.59 Å². The van der Waals surface area contributed by atoms with E-state index in [4.69, 9.17) is 0 Å². The minimum atomic E-state index is -0.339. The molecule has 1 aromatic heterocycles. The molecule has 2 amide bonds. The molecule has 0 spiro atoms. The van der Waals surface area contributed by atoms with E-state index in [1.807, 2.05) is 56.3 Å². The van der Waals surface area contributed by atoms with Gasteiger partial charge in [0.2, 0.25) is 11.8 Å². The molecular formula is C22H22N4O3. The van der Waals surface area contributed by atoms with Crippen molar-refractivity contribution in [1.82, 2.24) is 15.5 Å². The minimum Gasteiger partial charge on any atom is -0.355 e. The number of anilines is 1. The number of nitrogens with one attached hydrogen (secondary N) is 2. The van der Waals surface area contributed by atoms with Crippen LogP contribution in [0.4, 0.5) is 5.69 Å². The van der Waals surface area contributed by atoms with Crippen LogP contribution in [-0.4, -0.2) is 34.6 Å². The van der Waals surface area contributed by atoms with E-state index in [0.29, 0.717) is 17.6 Å². The molecule has 4 rings (SSSR count). The van der Waals surface area contributed by atoms with E-state index in [1.165, 1.54) is 0 Å². The molecule has 1 atom stereocenters. The van der Waals surface area contributed by atoms with Crippen LogP contribution in [0, 0.1) is 5.92 Å². The molecule has 148 valence electrons. The summed E-state index contributed by atoms with van der Waals surface area (Å²) in [6, 6.07) is 14.8. The monoisotopic (exact) mass is 390 g/mol. The van der Waals surface area contributed by atoms with Gasteiger partial charge in [0.05, 0.1) is 17.0 Å². The van der Waals surface area contributed by atoms with E-state index >= 15 is 0 Å². The Morgan fingerprint density at radius 1 is 1.07 bits per heavy atom. The molecule has 0 saturated carbocycles. The van der Waals surface area contributed by atoms with Crippen molar-refractivity contribution in [2.45, 2.75) is 26.3 Å². The number of H-pyrrole nitrogens is 1. The molecular weight excluding hydrogens is 368 g/mol. The number of nitrogens with zero attached hydrogens (tertiary/aromatic N) is 2. The van der Waals surface area contributed by atoms with Gasteiger partial charge in [0.15, 0.2) is 0 Å². The van der Waals surface area contributed by atoms with Crippen molar-refractivity contribution in [2.75, 3.05) is 11.4 Å². The highest BCUT2D eigenvalue weighted by atomic mass is 16.2. The van der Waals surface area contributed by atoms with Crippen LogP contribution in [0.1, 0.15) is 20.3 Å². The number of rotatable bonds is 4. The van der Waals surface area contributed by atoms with E-state index < -0.39 is 0 Å². The van der Waals surface area contributed by atoms with Gasteiger partial charge in [-0.05, 0) is 32.0 Å². The maximum atomic E-state index is 13.0. The molecule has 2 N–H and O–H groups in total. The van der Waals surface area contributed by atoms with Gasteiger partial charge in [-0.3, -0.25) is 14.4 Å². The Labute approximate surface area is 167 Å². The SMILES string of the molecule is CC(C)N(C(=O)C1CNC(=O)C1)c1ccc(-c2n[nH]c(=O)c3ccccc23)cc1. The Hall–Kier alpha value is -3.48. The second-order valence-corrected chi connectivity index (χ2v) is 7.50. The normalized spacial score (nSPS) is 16.2. The number of hydrogen-bond acceptors (Lipinski definition) is 4. The second kappa shape index (κ2) is 7.50. The highest BCUT2D eigenvalue weighted by Crippen LogP contribution is 2.28. The summed E-state index contributed by atoms with van der Waals surface area (Å²) in [6.07, 6.45) is 0.230. The highest BCUT2D eigenvalue weighted by molar-refractivity contribution is 6.00. The van der Waals surface area contributed by atoms with E-state index in [0.717, 1.165) is 16.6 Å². The molecule has 0 radical (unpaired) electrons. The number of hydrogen-bond donors (Lipinski definition) is 2. The molecule has 0 bridgehead atoms. The summed E-state index contributed by atoms with van der Waals surface area (Å²) in [4.78, 5) is 38.2. The molecule has 1 aliphatic rings. The zero-order chi connectivity index (χ0) is 20.5. The van der Waals surface area contributed by atoms with E-state index in [-0.39, 0.29) is 35.8 Å². The molecule has 1 aliphatic heterocycles. The Morgan fingerprint density at radius 3 is 2.38 bits per heavy atom. The van der Waals surface area contributed by atoms with Gasteiger partial charge in [0.1, 0.15) is 0 Å². The fraction of sp³-hybridized carbons (Fsp3) is 0.273. The van der Waals surface area contributed by atoms with E-state index in [1.54, 1.807) is 11.0 Å². The lowest BCUT2D eigenvalue weighted by molar-refractivity contribution is -0.124. The van der Waals surface area contributed by atoms with E-state index in [9.17, 15) is 14.4 Å². The van der Waals surface area contributed by atoms with Crippen LogP contribution >= 0.6 is 0 Å². The van der Waals surface area contributed by atoms with Crippen molar-refractivity contribution in [3.05, 3.63) is 58.9 Å². The maximum Gasteiger partial charge on any atom is 0.272 e. The van der Waals surface area contributed by atoms with Crippen LogP contribution in [0.25, 0.3) is 22.0 Å². The first-order valence-electron chi connectivity index (χ1n) is 9.63. The Balaban J connectivity index is 1.68. The largest absolute Gasteiger partial charge is 0.355 e. The molecule has 2 heterocycles.